The van der Waals surface area contributed by atoms with Crippen molar-refractivity contribution >= 4 is 5.91 Å². The average Bonchev–Trinajstić information content (AvgIpc) is 2.84. The topological polar surface area (TPSA) is 78.6 Å². The van der Waals surface area contributed by atoms with E-state index >= 15 is 0 Å². The average molecular weight is 281 g/mol. The number of aromatic nitrogens is 2. The van der Waals surface area contributed by atoms with Crippen LogP contribution in [-0.2, 0) is 11.3 Å². The first-order valence-electron chi connectivity index (χ1n) is 7.11. The van der Waals surface area contributed by atoms with Crippen molar-refractivity contribution in [3.63, 3.8) is 0 Å². The molecule has 1 aliphatic rings. The van der Waals surface area contributed by atoms with Crippen molar-refractivity contribution in [1.82, 2.24) is 14.7 Å². The molecule has 1 aliphatic carbocycles. The molecular formula is C14H23N3O3. The van der Waals surface area contributed by atoms with Crippen LogP contribution >= 0.6 is 0 Å². The van der Waals surface area contributed by atoms with Gasteiger partial charge in [-0.3, -0.25) is 9.48 Å². The van der Waals surface area contributed by atoms with Crippen LogP contribution in [0.4, 0.5) is 0 Å². The Morgan fingerprint density at radius 3 is 2.90 bits per heavy atom. The second-order valence-electron chi connectivity index (χ2n) is 5.51. The third kappa shape index (κ3) is 3.19. The molecule has 1 saturated carbocycles. The summed E-state index contributed by atoms with van der Waals surface area (Å²) in [5.74, 6) is -0.0296. The van der Waals surface area contributed by atoms with Gasteiger partial charge in [-0.1, -0.05) is 0 Å². The summed E-state index contributed by atoms with van der Waals surface area (Å²) in [6.45, 7) is 2.48. The van der Waals surface area contributed by atoms with Crippen molar-refractivity contribution in [3.8, 4) is 0 Å². The Hall–Kier alpha value is -1.40. The molecule has 0 aliphatic heterocycles. The molecule has 2 rings (SSSR count). The number of hydrogen-bond donors (Lipinski definition) is 2. The summed E-state index contributed by atoms with van der Waals surface area (Å²) >= 11 is 0. The Morgan fingerprint density at radius 1 is 1.50 bits per heavy atom. The maximum absolute atomic E-state index is 12.2. The van der Waals surface area contributed by atoms with Gasteiger partial charge in [0.05, 0.1) is 12.1 Å². The van der Waals surface area contributed by atoms with Gasteiger partial charge in [-0.2, -0.15) is 5.10 Å². The second-order valence-corrected chi connectivity index (χ2v) is 5.51. The normalized spacial score (nSPS) is 26.5. The molecule has 1 fully saturated rings. The first-order valence-corrected chi connectivity index (χ1v) is 7.11. The third-order valence-corrected chi connectivity index (χ3v) is 4.15. The van der Waals surface area contributed by atoms with Crippen LogP contribution in [0.5, 0.6) is 0 Å². The van der Waals surface area contributed by atoms with E-state index in [1.807, 2.05) is 13.0 Å². The zero-order valence-electron chi connectivity index (χ0n) is 12.1. The van der Waals surface area contributed by atoms with Crippen LogP contribution in [0.15, 0.2) is 12.3 Å². The molecule has 2 N–H and O–H groups in total. The van der Waals surface area contributed by atoms with Gasteiger partial charge in [-0.05, 0) is 32.3 Å². The van der Waals surface area contributed by atoms with Crippen molar-refractivity contribution in [2.75, 3.05) is 7.05 Å². The minimum Gasteiger partial charge on any atom is -0.390 e. The minimum absolute atomic E-state index is 0.0296. The Balaban J connectivity index is 1.90. The molecule has 1 heterocycles. The van der Waals surface area contributed by atoms with Gasteiger partial charge in [-0.25, -0.2) is 0 Å². The van der Waals surface area contributed by atoms with E-state index in [0.717, 1.165) is 18.5 Å². The van der Waals surface area contributed by atoms with Crippen molar-refractivity contribution in [2.24, 2.45) is 0 Å². The fraction of sp³-hybridized carbons (Fsp3) is 0.714. The molecule has 3 atom stereocenters. The van der Waals surface area contributed by atoms with Gasteiger partial charge < -0.3 is 15.1 Å². The molecule has 0 unspecified atom stereocenters. The Labute approximate surface area is 119 Å². The maximum Gasteiger partial charge on any atom is 0.224 e. The predicted molar refractivity (Wildman–Crippen MR) is 74.0 cm³/mol. The van der Waals surface area contributed by atoms with E-state index in [1.165, 1.54) is 0 Å². The Morgan fingerprint density at radius 2 is 2.25 bits per heavy atom. The van der Waals surface area contributed by atoms with Gasteiger partial charge in [0.15, 0.2) is 0 Å². The fourth-order valence-corrected chi connectivity index (χ4v) is 2.75. The summed E-state index contributed by atoms with van der Waals surface area (Å²) in [6, 6.07) is 1.61. The number of hydrogen-bond acceptors (Lipinski definition) is 4. The van der Waals surface area contributed by atoms with E-state index in [2.05, 4.69) is 5.10 Å². The van der Waals surface area contributed by atoms with Crippen LogP contribution in [0, 0.1) is 6.92 Å². The summed E-state index contributed by atoms with van der Waals surface area (Å²) in [6.07, 6.45) is 2.66. The van der Waals surface area contributed by atoms with Crippen LogP contribution < -0.4 is 0 Å². The number of nitrogens with zero attached hydrogens (tertiary/aromatic N) is 3. The lowest BCUT2D eigenvalue weighted by atomic mass is 9.89. The fourth-order valence-electron chi connectivity index (χ4n) is 2.75. The maximum atomic E-state index is 12.2. The highest BCUT2D eigenvalue weighted by Gasteiger charge is 2.34. The number of amides is 1. The van der Waals surface area contributed by atoms with E-state index in [-0.39, 0.29) is 11.9 Å². The highest BCUT2D eigenvalue weighted by atomic mass is 16.3. The second kappa shape index (κ2) is 6.37. The quantitative estimate of drug-likeness (QED) is 0.833. The number of carbonyl (C=O) groups is 1. The van der Waals surface area contributed by atoms with Crippen molar-refractivity contribution in [2.45, 2.75) is 57.4 Å². The highest BCUT2D eigenvalue weighted by molar-refractivity contribution is 5.76. The molecule has 0 spiro atoms. The molecule has 20 heavy (non-hydrogen) atoms. The number of likely N-dealkylation sites (N-methyl/N-ethyl adjacent to an activating group) is 1. The highest BCUT2D eigenvalue weighted by Crippen LogP contribution is 2.23. The molecule has 112 valence electrons. The lowest BCUT2D eigenvalue weighted by Crippen LogP contribution is -2.51. The first kappa shape index (κ1) is 15.0. The number of aliphatic hydroxyl groups excluding tert-OH is 2. The molecule has 0 radical (unpaired) electrons. The Bertz CT molecular complexity index is 460. The van der Waals surface area contributed by atoms with Crippen molar-refractivity contribution in [3.05, 3.63) is 18.0 Å². The largest absolute Gasteiger partial charge is 0.390 e. The number of aliphatic hydroxyl groups is 2. The van der Waals surface area contributed by atoms with E-state index in [9.17, 15) is 15.0 Å². The molecule has 0 aromatic carbocycles. The van der Waals surface area contributed by atoms with E-state index in [0.29, 0.717) is 19.4 Å². The molecule has 6 heteroatoms. The number of aryl methyl sites for hydroxylation is 2. The molecule has 6 nitrogen and oxygen atoms in total. The first-order chi connectivity index (χ1) is 9.50. The SMILES string of the molecule is Cc1ccnn1CCC(=O)N(C)[C@@H]1CCC[C@@H](O)[C@@H]1O. The van der Waals surface area contributed by atoms with Crippen LogP contribution in [0.25, 0.3) is 0 Å². The van der Waals surface area contributed by atoms with Crippen LogP contribution in [0.3, 0.4) is 0 Å². The van der Waals surface area contributed by atoms with Gasteiger partial charge in [0.1, 0.15) is 6.10 Å². The third-order valence-electron chi connectivity index (χ3n) is 4.15. The summed E-state index contributed by atoms with van der Waals surface area (Å²) in [7, 11) is 1.70. The molecule has 0 saturated heterocycles. The van der Waals surface area contributed by atoms with Gasteiger partial charge in [-0.15, -0.1) is 0 Å². The predicted octanol–water partition coefficient (Wildman–Crippen LogP) is 0.314. The zero-order valence-corrected chi connectivity index (χ0v) is 12.1. The summed E-state index contributed by atoms with van der Waals surface area (Å²) in [4.78, 5) is 13.8. The zero-order chi connectivity index (χ0) is 14.7. The monoisotopic (exact) mass is 281 g/mol. The molecule has 1 amide bonds. The van der Waals surface area contributed by atoms with E-state index < -0.39 is 12.2 Å². The van der Waals surface area contributed by atoms with Gasteiger partial charge in [0.2, 0.25) is 5.91 Å². The minimum atomic E-state index is -0.843. The van der Waals surface area contributed by atoms with Crippen LogP contribution in [0.2, 0.25) is 0 Å². The molecule has 1 aromatic heterocycles. The lowest BCUT2D eigenvalue weighted by Gasteiger charge is -2.37. The number of rotatable bonds is 4. The summed E-state index contributed by atoms with van der Waals surface area (Å²) in [5, 5.41) is 23.8. The smallest absolute Gasteiger partial charge is 0.224 e. The van der Waals surface area contributed by atoms with Gasteiger partial charge >= 0.3 is 0 Å². The lowest BCUT2D eigenvalue weighted by molar-refractivity contribution is -0.139. The van der Waals surface area contributed by atoms with E-state index in [4.69, 9.17) is 0 Å². The van der Waals surface area contributed by atoms with E-state index in [1.54, 1.807) is 22.8 Å². The van der Waals surface area contributed by atoms with Crippen LogP contribution in [-0.4, -0.2) is 56.1 Å². The molecule has 0 bridgehead atoms. The van der Waals surface area contributed by atoms with Gasteiger partial charge in [0.25, 0.3) is 0 Å². The molecule has 1 aromatic rings. The van der Waals surface area contributed by atoms with Gasteiger partial charge in [0, 0.05) is 31.9 Å². The summed E-state index contributed by atoms with van der Waals surface area (Å²) in [5.41, 5.74) is 1.02. The molecular weight excluding hydrogens is 258 g/mol. The van der Waals surface area contributed by atoms with Crippen molar-refractivity contribution in [1.29, 1.82) is 0 Å². The number of carbonyl (C=O) groups excluding carboxylic acids is 1. The van der Waals surface area contributed by atoms with Crippen LogP contribution in [0.1, 0.15) is 31.4 Å². The van der Waals surface area contributed by atoms with Crippen molar-refractivity contribution < 1.29 is 15.0 Å². The summed E-state index contributed by atoms with van der Waals surface area (Å²) < 4.78 is 1.79. The standard InChI is InChI=1S/C14H23N3O3/c1-10-6-8-15-17(10)9-7-13(19)16(2)11-4-3-5-12(18)14(11)20/h6,8,11-12,14,18,20H,3-5,7,9H2,1-2H3/t11-,12-,14-/m1/s1. The Kier molecular flexibility index (Phi) is 4.77.